The van der Waals surface area contributed by atoms with Gasteiger partial charge in [-0.1, -0.05) is 52.9 Å². The molecule has 1 radical (unpaired) electrons. The molecule has 24 heavy (non-hydrogen) atoms. The molecule has 0 aromatic heterocycles. The number of halogens is 2. The van der Waals surface area contributed by atoms with E-state index in [2.05, 4.69) is 57.2 Å². The Kier molecular flexibility index (Phi) is 7.42. The van der Waals surface area contributed by atoms with Gasteiger partial charge in [0.1, 0.15) is 0 Å². The van der Waals surface area contributed by atoms with Crippen molar-refractivity contribution in [2.45, 2.75) is 40.0 Å². The molecular formula is C21H21Cl2Zr. The van der Waals surface area contributed by atoms with Crippen LogP contribution in [0, 0.1) is 20.8 Å². The zero-order valence-corrected chi connectivity index (χ0v) is 18.3. The summed E-state index contributed by atoms with van der Waals surface area (Å²) in [6, 6.07) is 14.1. The number of rotatable bonds is 1. The van der Waals surface area contributed by atoms with E-state index in [4.69, 9.17) is 0 Å². The number of fused-ring (bicyclic) bond motifs is 2. The molecule has 1 aliphatic rings. The summed E-state index contributed by atoms with van der Waals surface area (Å²) in [6.07, 6.45) is 3.78. The maximum atomic E-state index is 2.43. The third kappa shape index (κ3) is 3.69. The molecule has 0 nitrogen and oxygen atoms in total. The number of benzene rings is 2. The second-order valence-electron chi connectivity index (χ2n) is 6.65. The van der Waals surface area contributed by atoms with E-state index in [-0.39, 0.29) is 51.0 Å². The van der Waals surface area contributed by atoms with Crippen molar-refractivity contribution in [1.82, 2.24) is 0 Å². The van der Waals surface area contributed by atoms with E-state index in [0.29, 0.717) is 0 Å². The topological polar surface area (TPSA) is 0 Å². The van der Waals surface area contributed by atoms with E-state index in [1.165, 1.54) is 57.9 Å². The molecule has 0 saturated heterocycles. The Hall–Kier alpha value is -0.487. The monoisotopic (exact) mass is 433 g/mol. The van der Waals surface area contributed by atoms with E-state index >= 15 is 0 Å². The van der Waals surface area contributed by atoms with E-state index < -0.39 is 0 Å². The van der Waals surface area contributed by atoms with Crippen molar-refractivity contribution in [1.29, 1.82) is 0 Å². The first-order chi connectivity index (χ1) is 10.1. The SMILES string of the molecule is Cc1cc(C)cc(-c2c3c(cc4[cH-]c(C)cc24)CCC3)c1.[Cl-].[Cl-].[Zr+3]. The molecule has 3 heteroatoms. The molecule has 1 aliphatic carbocycles. The third-order valence-corrected chi connectivity index (χ3v) is 4.74. The van der Waals surface area contributed by atoms with Crippen LogP contribution in [0.3, 0.4) is 0 Å². The van der Waals surface area contributed by atoms with Gasteiger partial charge in [-0.15, -0.1) is 28.5 Å². The fraction of sp³-hybridized carbons (Fsp3) is 0.286. The maximum absolute atomic E-state index is 2.43. The predicted octanol–water partition coefficient (Wildman–Crippen LogP) is -0.355. The zero-order chi connectivity index (χ0) is 14.6. The Bertz CT molecular complexity index is 842. The Labute approximate surface area is 176 Å². The standard InChI is InChI=1S/C21H21.2ClH.Zr/c1-13-7-14(2)10-18(9-13)21-19-6-4-5-16(19)12-17-8-15(3)11-20(17)21;;;/h7-12H,4-6H2,1-3H3;2*1H;/q-1;;;+3/p-2. The third-order valence-electron chi connectivity index (χ3n) is 4.74. The average molecular weight is 436 g/mol. The van der Waals surface area contributed by atoms with Gasteiger partial charge < -0.3 is 24.8 Å². The van der Waals surface area contributed by atoms with Gasteiger partial charge in [0.15, 0.2) is 0 Å². The fourth-order valence-electron chi connectivity index (χ4n) is 4.02. The van der Waals surface area contributed by atoms with Crippen LogP contribution in [0.1, 0.15) is 34.2 Å². The van der Waals surface area contributed by atoms with Crippen LogP contribution in [0.4, 0.5) is 0 Å². The summed E-state index contributed by atoms with van der Waals surface area (Å²) < 4.78 is 0. The molecule has 0 unspecified atom stereocenters. The van der Waals surface area contributed by atoms with E-state index in [1.807, 2.05) is 0 Å². The van der Waals surface area contributed by atoms with Crippen LogP contribution in [-0.4, -0.2) is 0 Å². The van der Waals surface area contributed by atoms with E-state index in [0.717, 1.165) is 0 Å². The predicted molar refractivity (Wildman–Crippen MR) is 91.2 cm³/mol. The van der Waals surface area contributed by atoms with Gasteiger partial charge in [-0.25, -0.2) is 0 Å². The van der Waals surface area contributed by atoms with Crippen molar-refractivity contribution in [3.63, 3.8) is 0 Å². The molecule has 3 aromatic carbocycles. The molecule has 4 rings (SSSR count). The summed E-state index contributed by atoms with van der Waals surface area (Å²) in [5, 5.41) is 2.86. The molecule has 0 atom stereocenters. The summed E-state index contributed by atoms with van der Waals surface area (Å²) in [4.78, 5) is 0. The molecule has 0 N–H and O–H groups in total. The maximum Gasteiger partial charge on any atom is 3.00 e. The summed E-state index contributed by atoms with van der Waals surface area (Å²) in [5.41, 5.74) is 10.2. The molecular weight excluding hydrogens is 414 g/mol. The second kappa shape index (κ2) is 8.26. The molecule has 3 aromatic rings. The van der Waals surface area contributed by atoms with Gasteiger partial charge in [-0.2, -0.15) is 6.07 Å². The van der Waals surface area contributed by atoms with Gasteiger partial charge in [0.25, 0.3) is 0 Å². The molecule has 0 amide bonds. The van der Waals surface area contributed by atoms with Crippen molar-refractivity contribution in [2.24, 2.45) is 0 Å². The first kappa shape index (κ1) is 21.6. The second-order valence-corrected chi connectivity index (χ2v) is 6.65. The van der Waals surface area contributed by atoms with Crippen molar-refractivity contribution in [3.05, 3.63) is 64.2 Å². The Morgan fingerprint density at radius 1 is 0.833 bits per heavy atom. The minimum absolute atomic E-state index is 0. The number of aryl methyl sites for hydroxylation is 4. The van der Waals surface area contributed by atoms with Gasteiger partial charge in [0.05, 0.1) is 0 Å². The molecule has 0 spiro atoms. The zero-order valence-electron chi connectivity index (χ0n) is 14.3. The summed E-state index contributed by atoms with van der Waals surface area (Å²) in [5.74, 6) is 0. The largest absolute Gasteiger partial charge is 3.00 e. The quantitative estimate of drug-likeness (QED) is 0.459. The van der Waals surface area contributed by atoms with Crippen molar-refractivity contribution in [2.75, 3.05) is 0 Å². The number of hydrogen-bond acceptors (Lipinski definition) is 0. The number of hydrogen-bond donors (Lipinski definition) is 0. The Morgan fingerprint density at radius 2 is 1.50 bits per heavy atom. The minimum atomic E-state index is 0. The van der Waals surface area contributed by atoms with Crippen LogP contribution in [-0.2, 0) is 39.0 Å². The van der Waals surface area contributed by atoms with E-state index in [9.17, 15) is 0 Å². The molecule has 0 heterocycles. The Balaban J connectivity index is 0.000000960. The first-order valence-electron chi connectivity index (χ1n) is 7.92. The normalized spacial score (nSPS) is 12.1. The smallest absolute Gasteiger partial charge is 1.00 e. The van der Waals surface area contributed by atoms with Crippen LogP contribution in [0.25, 0.3) is 21.9 Å². The van der Waals surface area contributed by atoms with Gasteiger partial charge in [-0.3, -0.25) is 0 Å². The van der Waals surface area contributed by atoms with Crippen LogP contribution in [0.5, 0.6) is 0 Å². The Morgan fingerprint density at radius 3 is 2.17 bits per heavy atom. The van der Waals surface area contributed by atoms with Gasteiger partial charge >= 0.3 is 26.2 Å². The van der Waals surface area contributed by atoms with Crippen molar-refractivity contribution >= 4 is 10.8 Å². The molecule has 0 fully saturated rings. The van der Waals surface area contributed by atoms with Gasteiger partial charge in [0.2, 0.25) is 0 Å². The molecule has 123 valence electrons. The summed E-state index contributed by atoms with van der Waals surface area (Å²) in [7, 11) is 0. The van der Waals surface area contributed by atoms with E-state index in [1.54, 1.807) is 11.1 Å². The molecule has 0 bridgehead atoms. The molecule has 0 saturated carbocycles. The average Bonchev–Trinajstić information content (AvgIpc) is 2.98. The van der Waals surface area contributed by atoms with Crippen molar-refractivity contribution < 1.29 is 51.0 Å². The summed E-state index contributed by atoms with van der Waals surface area (Å²) in [6.45, 7) is 6.61. The van der Waals surface area contributed by atoms with Crippen LogP contribution in [0.15, 0.2) is 36.4 Å². The van der Waals surface area contributed by atoms with Crippen molar-refractivity contribution in [3.8, 4) is 11.1 Å². The van der Waals surface area contributed by atoms with Crippen LogP contribution >= 0.6 is 0 Å². The van der Waals surface area contributed by atoms with Crippen LogP contribution < -0.4 is 24.8 Å². The fourth-order valence-corrected chi connectivity index (χ4v) is 4.02. The first-order valence-corrected chi connectivity index (χ1v) is 7.92. The van der Waals surface area contributed by atoms with Crippen LogP contribution in [0.2, 0.25) is 0 Å². The molecule has 0 aliphatic heterocycles. The van der Waals surface area contributed by atoms with Gasteiger partial charge in [-0.05, 0) is 38.7 Å². The summed E-state index contributed by atoms with van der Waals surface area (Å²) >= 11 is 0. The minimum Gasteiger partial charge on any atom is -1.00 e. The van der Waals surface area contributed by atoms with Gasteiger partial charge in [0, 0.05) is 0 Å².